The lowest BCUT2D eigenvalue weighted by molar-refractivity contribution is -0.120. The summed E-state index contributed by atoms with van der Waals surface area (Å²) in [7, 11) is 1.58. The van der Waals surface area contributed by atoms with Crippen LogP contribution in [0.4, 0.5) is 0 Å². The molecule has 0 bridgehead atoms. The topological polar surface area (TPSA) is 80.2 Å². The minimum atomic E-state index is -0.239. The van der Waals surface area contributed by atoms with Gasteiger partial charge in [0.05, 0.1) is 26.4 Å². The normalized spacial score (nSPS) is 10.6. The van der Waals surface area contributed by atoms with E-state index in [1.807, 2.05) is 19.1 Å². The number of hydrazone groups is 1. The molecule has 6 heteroatoms. The molecular formula is C19H22N2O4. The first kappa shape index (κ1) is 18.3. The van der Waals surface area contributed by atoms with E-state index in [0.717, 1.165) is 17.5 Å². The highest BCUT2D eigenvalue weighted by atomic mass is 16.5. The van der Waals surface area contributed by atoms with Crippen LogP contribution in [0.1, 0.15) is 24.5 Å². The molecule has 0 fully saturated rings. The van der Waals surface area contributed by atoms with Crippen LogP contribution < -0.4 is 14.9 Å². The van der Waals surface area contributed by atoms with Gasteiger partial charge in [0.25, 0.3) is 0 Å². The van der Waals surface area contributed by atoms with Crippen molar-refractivity contribution in [1.29, 1.82) is 0 Å². The zero-order valence-electron chi connectivity index (χ0n) is 14.4. The fourth-order valence-electron chi connectivity index (χ4n) is 2.11. The highest BCUT2D eigenvalue weighted by Gasteiger charge is 2.05. The van der Waals surface area contributed by atoms with E-state index in [4.69, 9.17) is 9.47 Å². The lowest BCUT2D eigenvalue weighted by Crippen LogP contribution is -2.19. The number of methoxy groups -OCH3 is 1. The van der Waals surface area contributed by atoms with Crippen molar-refractivity contribution < 1.29 is 19.4 Å². The summed E-state index contributed by atoms with van der Waals surface area (Å²) in [4.78, 5) is 11.9. The fraction of sp³-hybridized carbons (Fsp3) is 0.263. The minimum Gasteiger partial charge on any atom is -0.508 e. The summed E-state index contributed by atoms with van der Waals surface area (Å²) in [5, 5.41) is 13.2. The van der Waals surface area contributed by atoms with Gasteiger partial charge in [0.2, 0.25) is 5.91 Å². The van der Waals surface area contributed by atoms with Crippen LogP contribution in [0, 0.1) is 0 Å². The van der Waals surface area contributed by atoms with Gasteiger partial charge in [0.1, 0.15) is 5.75 Å². The number of rotatable bonds is 8. The Morgan fingerprint density at radius 2 is 1.96 bits per heavy atom. The summed E-state index contributed by atoms with van der Waals surface area (Å²) in [6.07, 6.45) is 2.64. The van der Waals surface area contributed by atoms with E-state index in [2.05, 4.69) is 10.5 Å². The first-order valence-electron chi connectivity index (χ1n) is 8.03. The van der Waals surface area contributed by atoms with Gasteiger partial charge >= 0.3 is 0 Å². The molecule has 0 aliphatic heterocycles. The lowest BCUT2D eigenvalue weighted by Gasteiger charge is -2.10. The summed E-state index contributed by atoms with van der Waals surface area (Å²) in [5.74, 6) is 1.23. The molecule has 0 saturated heterocycles. The Hall–Kier alpha value is -3.02. The Labute approximate surface area is 147 Å². The number of benzene rings is 2. The van der Waals surface area contributed by atoms with Crippen LogP contribution in [-0.2, 0) is 11.2 Å². The van der Waals surface area contributed by atoms with E-state index in [1.54, 1.807) is 43.7 Å². The van der Waals surface area contributed by atoms with E-state index < -0.39 is 0 Å². The quantitative estimate of drug-likeness (QED) is 0.571. The molecule has 0 atom stereocenters. The first-order chi connectivity index (χ1) is 12.1. The van der Waals surface area contributed by atoms with Gasteiger partial charge in [-0.25, -0.2) is 5.43 Å². The third kappa shape index (κ3) is 5.84. The largest absolute Gasteiger partial charge is 0.508 e. The van der Waals surface area contributed by atoms with E-state index in [1.165, 1.54) is 0 Å². The number of nitrogens with zero attached hydrogens (tertiary/aromatic N) is 1. The Kier molecular flexibility index (Phi) is 6.83. The summed E-state index contributed by atoms with van der Waals surface area (Å²) >= 11 is 0. The van der Waals surface area contributed by atoms with Crippen LogP contribution in [-0.4, -0.2) is 30.9 Å². The molecule has 2 aromatic rings. The number of ether oxygens (including phenoxy) is 2. The highest BCUT2D eigenvalue weighted by molar-refractivity contribution is 5.84. The molecule has 132 valence electrons. The third-order valence-electron chi connectivity index (χ3n) is 3.35. The molecule has 0 heterocycles. The van der Waals surface area contributed by atoms with Crippen molar-refractivity contribution in [2.45, 2.75) is 19.8 Å². The van der Waals surface area contributed by atoms with Gasteiger partial charge in [-0.3, -0.25) is 4.79 Å². The summed E-state index contributed by atoms with van der Waals surface area (Å²) < 4.78 is 10.9. The molecule has 0 aliphatic rings. The number of carbonyl (C=O) groups is 1. The fourth-order valence-corrected chi connectivity index (χ4v) is 2.11. The first-order valence-corrected chi connectivity index (χ1v) is 8.03. The molecule has 2 N–H and O–H groups in total. The molecule has 2 rings (SSSR count). The summed E-state index contributed by atoms with van der Waals surface area (Å²) in [5.41, 5.74) is 4.06. The van der Waals surface area contributed by atoms with E-state index in [-0.39, 0.29) is 18.1 Å². The summed E-state index contributed by atoms with van der Waals surface area (Å²) in [6, 6.07) is 11.9. The van der Waals surface area contributed by atoms with Gasteiger partial charge in [0.15, 0.2) is 11.5 Å². The summed E-state index contributed by atoms with van der Waals surface area (Å²) in [6.45, 7) is 2.66. The zero-order chi connectivity index (χ0) is 18.1. The third-order valence-corrected chi connectivity index (χ3v) is 3.35. The Bertz CT molecular complexity index is 727. The van der Waals surface area contributed by atoms with Crippen LogP contribution in [0.5, 0.6) is 17.2 Å². The van der Waals surface area contributed by atoms with Gasteiger partial charge < -0.3 is 14.6 Å². The second-order valence-electron chi connectivity index (χ2n) is 5.40. The van der Waals surface area contributed by atoms with Crippen LogP contribution in [0.3, 0.4) is 0 Å². The Morgan fingerprint density at radius 1 is 1.20 bits per heavy atom. The second-order valence-corrected chi connectivity index (χ2v) is 5.40. The highest BCUT2D eigenvalue weighted by Crippen LogP contribution is 2.27. The molecule has 2 aromatic carbocycles. The molecule has 25 heavy (non-hydrogen) atoms. The van der Waals surface area contributed by atoms with Crippen LogP contribution in [0.25, 0.3) is 0 Å². The molecule has 0 aromatic heterocycles. The number of phenolic OH excluding ortho intramolecular Hbond substituents is 1. The maximum atomic E-state index is 11.9. The smallest absolute Gasteiger partial charge is 0.244 e. The van der Waals surface area contributed by atoms with Crippen molar-refractivity contribution in [3.8, 4) is 17.2 Å². The molecule has 0 radical (unpaired) electrons. The number of nitrogens with one attached hydrogen (secondary N) is 1. The van der Waals surface area contributed by atoms with Gasteiger partial charge in [-0.05, 0) is 47.9 Å². The Balaban J connectivity index is 1.92. The maximum Gasteiger partial charge on any atom is 0.244 e. The minimum absolute atomic E-state index is 0.169. The van der Waals surface area contributed by atoms with Crippen LogP contribution in [0.2, 0.25) is 0 Å². The molecule has 0 spiro atoms. The van der Waals surface area contributed by atoms with Gasteiger partial charge in [-0.15, -0.1) is 0 Å². The molecule has 6 nitrogen and oxygen atoms in total. The lowest BCUT2D eigenvalue weighted by atomic mass is 10.1. The van der Waals surface area contributed by atoms with Crippen molar-refractivity contribution in [2.75, 3.05) is 13.7 Å². The van der Waals surface area contributed by atoms with Crippen molar-refractivity contribution in [2.24, 2.45) is 5.10 Å². The van der Waals surface area contributed by atoms with E-state index in [0.29, 0.717) is 18.1 Å². The van der Waals surface area contributed by atoms with Crippen molar-refractivity contribution in [3.05, 3.63) is 53.6 Å². The van der Waals surface area contributed by atoms with Crippen molar-refractivity contribution >= 4 is 12.1 Å². The van der Waals surface area contributed by atoms with Gasteiger partial charge in [0, 0.05) is 0 Å². The molecule has 0 saturated carbocycles. The monoisotopic (exact) mass is 342 g/mol. The SMILES string of the molecule is CCCOc1ccc(/C=N\NC(=O)Cc2ccc(O)cc2)cc1OC. The van der Waals surface area contributed by atoms with Gasteiger partial charge in [-0.1, -0.05) is 19.1 Å². The van der Waals surface area contributed by atoms with Crippen LogP contribution >= 0.6 is 0 Å². The Morgan fingerprint density at radius 3 is 2.64 bits per heavy atom. The molecule has 0 unspecified atom stereocenters. The number of aromatic hydroxyl groups is 1. The van der Waals surface area contributed by atoms with Crippen LogP contribution in [0.15, 0.2) is 47.6 Å². The molecule has 1 amide bonds. The van der Waals surface area contributed by atoms with Crippen molar-refractivity contribution in [3.63, 3.8) is 0 Å². The molecular weight excluding hydrogens is 320 g/mol. The second kappa shape index (κ2) is 9.32. The number of phenols is 1. The van der Waals surface area contributed by atoms with Crippen molar-refractivity contribution in [1.82, 2.24) is 5.43 Å². The van der Waals surface area contributed by atoms with Gasteiger partial charge in [-0.2, -0.15) is 5.10 Å². The van der Waals surface area contributed by atoms with E-state index in [9.17, 15) is 9.90 Å². The number of amides is 1. The van der Waals surface area contributed by atoms with E-state index >= 15 is 0 Å². The zero-order valence-corrected chi connectivity index (χ0v) is 14.4. The standard InChI is InChI=1S/C19H22N2O4/c1-3-10-25-17-9-6-15(11-18(17)24-2)13-20-21-19(23)12-14-4-7-16(22)8-5-14/h4-9,11,13,22H,3,10,12H2,1-2H3,(H,21,23)/b20-13-. The predicted molar refractivity (Wildman–Crippen MR) is 96.3 cm³/mol. The predicted octanol–water partition coefficient (Wildman–Crippen LogP) is 2.88. The number of hydrogen-bond donors (Lipinski definition) is 2. The molecule has 0 aliphatic carbocycles. The number of carbonyl (C=O) groups excluding carboxylic acids is 1. The average molecular weight is 342 g/mol. The number of hydrogen-bond acceptors (Lipinski definition) is 5. The average Bonchev–Trinajstić information content (AvgIpc) is 2.62. The maximum absolute atomic E-state index is 11.9.